The van der Waals surface area contributed by atoms with E-state index in [1.54, 1.807) is 6.92 Å². The minimum absolute atomic E-state index is 0.0360. The number of methoxy groups -OCH3 is 1. The average molecular weight is 255 g/mol. The van der Waals surface area contributed by atoms with Crippen LogP contribution in [0.3, 0.4) is 0 Å². The first-order chi connectivity index (χ1) is 7.41. The van der Waals surface area contributed by atoms with Crippen molar-refractivity contribution < 1.29 is 27.2 Å². The fourth-order valence-electron chi connectivity index (χ4n) is 1.52. The Morgan fingerprint density at radius 3 is 2.50 bits per heavy atom. The molecule has 8 heteroatoms. The highest BCUT2D eigenvalue weighted by Crippen LogP contribution is 2.26. The normalized spacial score (nSPS) is 35.5. The van der Waals surface area contributed by atoms with Crippen molar-refractivity contribution in [1.82, 2.24) is 4.72 Å². The van der Waals surface area contributed by atoms with Crippen molar-refractivity contribution in [3.63, 3.8) is 0 Å². The molecule has 96 valence electrons. The maximum atomic E-state index is 11.0. The van der Waals surface area contributed by atoms with Crippen molar-refractivity contribution in [2.24, 2.45) is 5.92 Å². The Hall–Kier alpha value is -0.250. The van der Waals surface area contributed by atoms with E-state index in [9.17, 15) is 13.5 Å². The van der Waals surface area contributed by atoms with Gasteiger partial charge in [0.05, 0.1) is 13.2 Å². The Balaban J connectivity index is 2.51. The van der Waals surface area contributed by atoms with Crippen molar-refractivity contribution in [2.75, 3.05) is 20.8 Å². The van der Waals surface area contributed by atoms with Crippen molar-refractivity contribution in [2.45, 2.75) is 25.4 Å². The highest BCUT2D eigenvalue weighted by Gasteiger charge is 2.41. The lowest BCUT2D eigenvalue weighted by molar-refractivity contribution is -0.147. The summed E-state index contributed by atoms with van der Waals surface area (Å²) in [6, 6.07) is 0. The smallest absolute Gasteiger partial charge is 0.335 e. The van der Waals surface area contributed by atoms with Gasteiger partial charge in [-0.05, 0) is 0 Å². The molecule has 0 aromatic rings. The first-order valence-electron chi connectivity index (χ1n) is 4.83. The fourth-order valence-corrected chi connectivity index (χ4v) is 2.00. The largest absolute Gasteiger partial charge is 0.387 e. The number of aliphatic hydroxyl groups is 1. The second kappa shape index (κ2) is 5.39. The second-order valence-electron chi connectivity index (χ2n) is 3.60. The quantitative estimate of drug-likeness (QED) is 0.643. The van der Waals surface area contributed by atoms with E-state index in [-0.39, 0.29) is 12.5 Å². The minimum atomic E-state index is -3.72. The molecule has 0 aromatic heterocycles. The third-order valence-electron chi connectivity index (χ3n) is 2.63. The number of nitrogens with one attached hydrogen (secondary N) is 1. The first kappa shape index (κ1) is 13.8. The van der Waals surface area contributed by atoms with Crippen LogP contribution in [0.5, 0.6) is 0 Å². The van der Waals surface area contributed by atoms with Crippen molar-refractivity contribution in [3.8, 4) is 0 Å². The average Bonchev–Trinajstić information content (AvgIpc) is 2.53. The highest BCUT2D eigenvalue weighted by molar-refractivity contribution is 7.84. The zero-order valence-electron chi connectivity index (χ0n) is 9.41. The molecule has 1 heterocycles. The summed E-state index contributed by atoms with van der Waals surface area (Å²) in [6.07, 6.45) is -1.92. The molecule has 0 spiro atoms. The van der Waals surface area contributed by atoms with Crippen LogP contribution in [0.4, 0.5) is 0 Å². The van der Waals surface area contributed by atoms with Crippen LogP contribution in [-0.2, 0) is 24.0 Å². The summed E-state index contributed by atoms with van der Waals surface area (Å²) in [5.74, 6) is -0.218. The predicted molar refractivity (Wildman–Crippen MR) is 54.8 cm³/mol. The van der Waals surface area contributed by atoms with Crippen LogP contribution < -0.4 is 4.72 Å². The van der Waals surface area contributed by atoms with Gasteiger partial charge in [0.2, 0.25) is 0 Å². The second-order valence-corrected chi connectivity index (χ2v) is 5.13. The molecule has 0 amide bonds. The number of hydrogen-bond acceptors (Lipinski definition) is 6. The standard InChI is InChI=1S/C8H17NO6S/c1-5-6(4-9-16(11,12)14-3)15-8(13-2)7(5)10/h5-10H,4H2,1-3H3/t5-,6-,7-,8-/m1/s1. The minimum Gasteiger partial charge on any atom is -0.387 e. The zero-order valence-corrected chi connectivity index (χ0v) is 10.2. The van der Waals surface area contributed by atoms with Gasteiger partial charge in [0, 0.05) is 19.6 Å². The molecule has 0 aliphatic carbocycles. The summed E-state index contributed by atoms with van der Waals surface area (Å²) in [6.45, 7) is 1.80. The van der Waals surface area contributed by atoms with E-state index < -0.39 is 28.8 Å². The Morgan fingerprint density at radius 1 is 1.44 bits per heavy atom. The fraction of sp³-hybridized carbons (Fsp3) is 1.00. The summed E-state index contributed by atoms with van der Waals surface area (Å²) >= 11 is 0. The van der Waals surface area contributed by atoms with Crippen LogP contribution >= 0.6 is 0 Å². The van der Waals surface area contributed by atoms with Crippen LogP contribution in [0.1, 0.15) is 6.92 Å². The van der Waals surface area contributed by atoms with Gasteiger partial charge in [0.25, 0.3) is 0 Å². The molecule has 1 aliphatic rings. The van der Waals surface area contributed by atoms with Crippen molar-refractivity contribution in [3.05, 3.63) is 0 Å². The lowest BCUT2D eigenvalue weighted by atomic mass is 10.0. The first-order valence-corrected chi connectivity index (χ1v) is 6.23. The van der Waals surface area contributed by atoms with E-state index in [1.807, 2.05) is 0 Å². The third kappa shape index (κ3) is 3.12. The molecule has 0 bridgehead atoms. The molecule has 0 aromatic carbocycles. The summed E-state index contributed by atoms with van der Waals surface area (Å²) in [5, 5.41) is 9.66. The van der Waals surface area contributed by atoms with Crippen LogP contribution in [0.25, 0.3) is 0 Å². The Labute approximate surface area is 94.9 Å². The van der Waals surface area contributed by atoms with E-state index in [2.05, 4.69) is 8.91 Å². The van der Waals surface area contributed by atoms with Gasteiger partial charge in [-0.25, -0.2) is 0 Å². The van der Waals surface area contributed by atoms with Gasteiger partial charge in [-0.1, -0.05) is 6.92 Å². The van der Waals surface area contributed by atoms with E-state index in [0.717, 1.165) is 7.11 Å². The van der Waals surface area contributed by atoms with Gasteiger partial charge >= 0.3 is 10.3 Å². The number of ether oxygens (including phenoxy) is 2. The molecule has 0 radical (unpaired) electrons. The maximum absolute atomic E-state index is 11.0. The Morgan fingerprint density at radius 2 is 2.06 bits per heavy atom. The van der Waals surface area contributed by atoms with Crippen LogP contribution in [0.15, 0.2) is 0 Å². The lowest BCUT2D eigenvalue weighted by Gasteiger charge is -2.14. The molecular formula is C8H17NO6S. The Bertz CT molecular complexity index is 318. The number of aliphatic hydroxyl groups excluding tert-OH is 1. The van der Waals surface area contributed by atoms with E-state index in [4.69, 9.17) is 9.47 Å². The van der Waals surface area contributed by atoms with Gasteiger partial charge in [-0.15, -0.1) is 0 Å². The van der Waals surface area contributed by atoms with Crippen LogP contribution in [0.2, 0.25) is 0 Å². The van der Waals surface area contributed by atoms with Crippen LogP contribution in [0, 0.1) is 5.92 Å². The van der Waals surface area contributed by atoms with E-state index in [1.165, 1.54) is 7.11 Å². The van der Waals surface area contributed by atoms with E-state index in [0.29, 0.717) is 0 Å². The summed E-state index contributed by atoms with van der Waals surface area (Å²) in [4.78, 5) is 0. The highest BCUT2D eigenvalue weighted by atomic mass is 32.2. The summed E-state index contributed by atoms with van der Waals surface area (Å²) < 4.78 is 38.7. The van der Waals surface area contributed by atoms with Crippen LogP contribution in [-0.4, -0.2) is 52.8 Å². The molecule has 0 unspecified atom stereocenters. The van der Waals surface area contributed by atoms with Gasteiger partial charge in [-0.2, -0.15) is 13.1 Å². The van der Waals surface area contributed by atoms with E-state index >= 15 is 0 Å². The molecule has 1 aliphatic heterocycles. The van der Waals surface area contributed by atoms with Crippen molar-refractivity contribution in [1.29, 1.82) is 0 Å². The molecule has 1 rings (SSSR count). The van der Waals surface area contributed by atoms with Crippen molar-refractivity contribution >= 4 is 10.3 Å². The summed E-state index contributed by atoms with van der Waals surface area (Å²) in [5.41, 5.74) is 0. The van der Waals surface area contributed by atoms with Gasteiger partial charge in [-0.3, -0.25) is 4.18 Å². The predicted octanol–water partition coefficient (Wildman–Crippen LogP) is -1.16. The maximum Gasteiger partial charge on any atom is 0.335 e. The lowest BCUT2D eigenvalue weighted by Crippen LogP contribution is -2.36. The SMILES string of the molecule is CO[C@@H]1O[C@H](CNS(=O)(=O)OC)[C@@H](C)[C@H]1O. The number of rotatable bonds is 5. The molecule has 7 nitrogen and oxygen atoms in total. The topological polar surface area (TPSA) is 94.1 Å². The molecule has 1 saturated heterocycles. The monoisotopic (exact) mass is 255 g/mol. The molecule has 16 heavy (non-hydrogen) atoms. The van der Waals surface area contributed by atoms with Gasteiger partial charge in [0.15, 0.2) is 6.29 Å². The number of hydrogen-bond donors (Lipinski definition) is 2. The molecule has 4 atom stereocenters. The molecular weight excluding hydrogens is 238 g/mol. The Kier molecular flexibility index (Phi) is 4.65. The molecule has 2 N–H and O–H groups in total. The zero-order chi connectivity index (χ0) is 12.3. The van der Waals surface area contributed by atoms with Gasteiger partial charge < -0.3 is 14.6 Å². The van der Waals surface area contributed by atoms with Gasteiger partial charge in [0.1, 0.15) is 6.10 Å². The molecule has 1 fully saturated rings. The summed E-state index contributed by atoms with van der Waals surface area (Å²) in [7, 11) is -1.24. The molecule has 0 saturated carbocycles. The third-order valence-corrected chi connectivity index (χ3v) is 3.58.